The summed E-state index contributed by atoms with van der Waals surface area (Å²) in [4.78, 5) is 0. The molecule has 0 aliphatic heterocycles. The number of hydrogen-bond acceptors (Lipinski definition) is 4. The van der Waals surface area contributed by atoms with Crippen molar-refractivity contribution in [2.24, 2.45) is 0 Å². The first kappa shape index (κ1) is 18.6. The summed E-state index contributed by atoms with van der Waals surface area (Å²) < 4.78 is 71.6. The lowest BCUT2D eigenvalue weighted by Crippen LogP contribution is -2.28. The zero-order valence-corrected chi connectivity index (χ0v) is 13.2. The van der Waals surface area contributed by atoms with E-state index in [9.17, 15) is 21.6 Å². The lowest BCUT2D eigenvalue weighted by Gasteiger charge is -2.17. The van der Waals surface area contributed by atoms with Crippen molar-refractivity contribution in [1.29, 1.82) is 0 Å². The van der Waals surface area contributed by atoms with Crippen molar-refractivity contribution in [1.82, 2.24) is 4.72 Å². The Kier molecular flexibility index (Phi) is 6.07. The molecule has 126 valence electrons. The Morgan fingerprint density at radius 2 is 1.91 bits per heavy atom. The summed E-state index contributed by atoms with van der Waals surface area (Å²) in [6.07, 6.45) is -4.45. The summed E-state index contributed by atoms with van der Waals surface area (Å²) in [6.45, 7) is 1.70. The van der Waals surface area contributed by atoms with Gasteiger partial charge in [-0.25, -0.2) is 13.1 Å². The lowest BCUT2D eigenvalue weighted by atomic mass is 10.1. The van der Waals surface area contributed by atoms with Gasteiger partial charge < -0.3 is 9.47 Å². The second-order valence-electron chi connectivity index (χ2n) is 4.56. The number of nitrogens with one attached hydrogen (secondary N) is 1. The third-order valence-electron chi connectivity index (χ3n) is 2.82. The molecule has 5 nitrogen and oxygen atoms in total. The van der Waals surface area contributed by atoms with Gasteiger partial charge in [-0.15, -0.1) is 0 Å². The average molecular weight is 341 g/mol. The first-order valence-corrected chi connectivity index (χ1v) is 8.10. The first-order chi connectivity index (χ1) is 10.1. The maximum atomic E-state index is 12.2. The Morgan fingerprint density at radius 1 is 1.27 bits per heavy atom. The third-order valence-corrected chi connectivity index (χ3v) is 4.29. The van der Waals surface area contributed by atoms with E-state index in [2.05, 4.69) is 9.46 Å². The van der Waals surface area contributed by atoms with Crippen molar-refractivity contribution < 1.29 is 31.1 Å². The van der Waals surface area contributed by atoms with Crippen molar-refractivity contribution in [3.63, 3.8) is 0 Å². The van der Waals surface area contributed by atoms with Crippen molar-refractivity contribution in [3.8, 4) is 11.5 Å². The lowest BCUT2D eigenvalue weighted by molar-refractivity contribution is -0.153. The van der Waals surface area contributed by atoms with E-state index >= 15 is 0 Å². The molecule has 9 heteroatoms. The number of benzene rings is 1. The van der Waals surface area contributed by atoms with Crippen molar-refractivity contribution >= 4 is 10.0 Å². The van der Waals surface area contributed by atoms with Gasteiger partial charge >= 0.3 is 6.18 Å². The van der Waals surface area contributed by atoms with Crippen LogP contribution in [0.5, 0.6) is 11.5 Å². The number of sulfonamides is 1. The molecule has 1 rings (SSSR count). The zero-order chi connectivity index (χ0) is 17.0. The predicted molar refractivity (Wildman–Crippen MR) is 75.6 cm³/mol. The van der Waals surface area contributed by atoms with Gasteiger partial charge in [0.2, 0.25) is 10.0 Å². The summed E-state index contributed by atoms with van der Waals surface area (Å²) in [7, 11) is -2.10. The van der Waals surface area contributed by atoms with E-state index in [-0.39, 0.29) is 17.3 Å². The molecule has 0 bridgehead atoms. The molecule has 1 atom stereocenters. The normalized spacial score (nSPS) is 13.7. The highest BCUT2D eigenvalue weighted by molar-refractivity contribution is 7.89. The molecule has 0 heterocycles. The highest BCUT2D eigenvalue weighted by atomic mass is 32.2. The van der Waals surface area contributed by atoms with Crippen LogP contribution in [0.25, 0.3) is 0 Å². The minimum Gasteiger partial charge on any atom is -0.493 e. The molecule has 0 aromatic heterocycles. The van der Waals surface area contributed by atoms with Crippen LogP contribution in [0.15, 0.2) is 18.2 Å². The largest absolute Gasteiger partial charge is 0.493 e. The molecule has 0 saturated heterocycles. The fraction of sp³-hybridized carbons (Fsp3) is 0.538. The minimum absolute atomic E-state index is 0.0610. The van der Waals surface area contributed by atoms with Crippen LogP contribution < -0.4 is 14.2 Å². The molecule has 1 aromatic carbocycles. The monoisotopic (exact) mass is 341 g/mol. The summed E-state index contributed by atoms with van der Waals surface area (Å²) in [6, 6.07) is 3.69. The van der Waals surface area contributed by atoms with Gasteiger partial charge in [0, 0.05) is 6.04 Å². The highest BCUT2D eigenvalue weighted by Crippen LogP contribution is 2.31. The zero-order valence-electron chi connectivity index (χ0n) is 12.4. The SMILES string of the molecule is CCS(=O)(=O)NC(C)c1ccc(OCC(F)(F)F)c(OC)c1. The van der Waals surface area contributed by atoms with E-state index in [1.807, 2.05) is 0 Å². The van der Waals surface area contributed by atoms with Gasteiger partial charge in [-0.2, -0.15) is 13.2 Å². The summed E-state index contributed by atoms with van der Waals surface area (Å²) in [5.41, 5.74) is 0.549. The van der Waals surface area contributed by atoms with Gasteiger partial charge in [0.25, 0.3) is 0 Å². The third kappa shape index (κ3) is 5.72. The Bertz CT molecular complexity index is 602. The number of methoxy groups -OCH3 is 1. The van der Waals surface area contributed by atoms with E-state index in [1.54, 1.807) is 6.92 Å². The second kappa shape index (κ2) is 7.19. The molecular weight excluding hydrogens is 323 g/mol. The van der Waals surface area contributed by atoms with Gasteiger partial charge in [-0.05, 0) is 31.5 Å². The van der Waals surface area contributed by atoms with Crippen LogP contribution in [0, 0.1) is 0 Å². The van der Waals surface area contributed by atoms with Gasteiger partial charge in [-0.3, -0.25) is 0 Å². The van der Waals surface area contributed by atoms with Gasteiger partial charge in [0.15, 0.2) is 18.1 Å². The Morgan fingerprint density at radius 3 is 2.41 bits per heavy atom. The predicted octanol–water partition coefficient (Wildman–Crippen LogP) is 2.64. The van der Waals surface area contributed by atoms with Gasteiger partial charge in [0.05, 0.1) is 12.9 Å². The number of ether oxygens (including phenoxy) is 2. The fourth-order valence-electron chi connectivity index (χ4n) is 1.65. The number of hydrogen-bond donors (Lipinski definition) is 1. The molecule has 0 fully saturated rings. The Balaban J connectivity index is 2.92. The molecule has 1 aromatic rings. The molecule has 0 aliphatic rings. The number of rotatable bonds is 7. The van der Waals surface area contributed by atoms with E-state index in [0.29, 0.717) is 5.56 Å². The van der Waals surface area contributed by atoms with Crippen molar-refractivity contribution in [2.45, 2.75) is 26.1 Å². The van der Waals surface area contributed by atoms with Crippen molar-refractivity contribution in [3.05, 3.63) is 23.8 Å². The average Bonchev–Trinajstić information content (AvgIpc) is 2.43. The van der Waals surface area contributed by atoms with Gasteiger partial charge in [0.1, 0.15) is 0 Å². The van der Waals surface area contributed by atoms with E-state index in [0.717, 1.165) is 0 Å². The van der Waals surface area contributed by atoms with E-state index in [4.69, 9.17) is 4.74 Å². The molecule has 1 unspecified atom stereocenters. The quantitative estimate of drug-likeness (QED) is 0.828. The number of alkyl halides is 3. The second-order valence-corrected chi connectivity index (χ2v) is 6.60. The van der Waals surface area contributed by atoms with Crippen LogP contribution in [0.2, 0.25) is 0 Å². The Hall–Kier alpha value is -1.48. The van der Waals surface area contributed by atoms with Crippen LogP contribution in [0.3, 0.4) is 0 Å². The maximum absolute atomic E-state index is 12.2. The van der Waals surface area contributed by atoms with Crippen LogP contribution >= 0.6 is 0 Å². The van der Waals surface area contributed by atoms with E-state index < -0.39 is 28.8 Å². The smallest absolute Gasteiger partial charge is 0.422 e. The summed E-state index contributed by atoms with van der Waals surface area (Å²) in [5.74, 6) is -0.0280. The first-order valence-electron chi connectivity index (χ1n) is 6.45. The summed E-state index contributed by atoms with van der Waals surface area (Å²) >= 11 is 0. The number of halogens is 3. The Labute approximate surface area is 127 Å². The minimum atomic E-state index is -4.45. The molecule has 1 N–H and O–H groups in total. The molecular formula is C13H18F3NO4S. The molecule has 0 aliphatic carbocycles. The standard InChI is InChI=1S/C13H18F3NO4S/c1-4-22(18,19)17-9(2)10-5-6-11(12(7-10)20-3)21-8-13(14,15)16/h5-7,9,17H,4,8H2,1-3H3. The van der Waals surface area contributed by atoms with Crippen LogP contribution in [-0.4, -0.2) is 34.1 Å². The molecule has 22 heavy (non-hydrogen) atoms. The molecule has 0 amide bonds. The highest BCUT2D eigenvalue weighted by Gasteiger charge is 2.29. The van der Waals surface area contributed by atoms with Crippen molar-refractivity contribution in [2.75, 3.05) is 19.5 Å². The van der Waals surface area contributed by atoms with E-state index in [1.165, 1.54) is 32.2 Å². The van der Waals surface area contributed by atoms with Crippen LogP contribution in [0.1, 0.15) is 25.5 Å². The molecule has 0 spiro atoms. The molecule has 0 saturated carbocycles. The van der Waals surface area contributed by atoms with Crippen LogP contribution in [-0.2, 0) is 10.0 Å². The maximum Gasteiger partial charge on any atom is 0.422 e. The van der Waals surface area contributed by atoms with Crippen LogP contribution in [0.4, 0.5) is 13.2 Å². The molecule has 0 radical (unpaired) electrons. The topological polar surface area (TPSA) is 64.6 Å². The summed E-state index contributed by atoms with van der Waals surface area (Å²) in [5, 5.41) is 0. The van der Waals surface area contributed by atoms with Gasteiger partial charge in [-0.1, -0.05) is 6.07 Å². The fourth-order valence-corrected chi connectivity index (χ4v) is 2.49.